The van der Waals surface area contributed by atoms with Gasteiger partial charge in [0.2, 0.25) is 10.0 Å². The molecule has 9 heteroatoms. The minimum atomic E-state index is -3.36. The number of hydrogen-bond donors (Lipinski definition) is 2. The minimum Gasteiger partial charge on any atom is -0.375 e. The Morgan fingerprint density at radius 3 is 2.77 bits per heavy atom. The van der Waals surface area contributed by atoms with E-state index in [1.165, 1.54) is 22.7 Å². The molecule has 0 saturated carbocycles. The van der Waals surface area contributed by atoms with Gasteiger partial charge in [0.25, 0.3) is 0 Å². The maximum absolute atomic E-state index is 12.2. The highest BCUT2D eigenvalue weighted by Crippen LogP contribution is 2.21. The molecule has 120 valence electrons. The number of nitrogen functional groups attached to an aromatic ring is 1. The first-order valence-corrected chi connectivity index (χ1v) is 10.2. The Balaban J connectivity index is 1.51. The van der Waals surface area contributed by atoms with Crippen molar-refractivity contribution >= 4 is 37.8 Å². The molecule has 0 bridgehead atoms. The summed E-state index contributed by atoms with van der Waals surface area (Å²) in [6.45, 7) is 2.57. The number of anilines is 1. The second kappa shape index (κ2) is 6.63. The molecular formula is C13H18N4O2S3. The summed E-state index contributed by atoms with van der Waals surface area (Å²) in [6.07, 6.45) is 3.45. The standard InChI is InChI=1S/C13H18N4O2S3/c14-13-15-8-11(21-13)9-17-5-3-10(4-6-17)16-22(18,19)12-2-1-7-20-12/h1-2,7-8,10,16H,3-6,9H2,(H2,14,15). The molecule has 0 unspecified atom stereocenters. The molecule has 1 saturated heterocycles. The SMILES string of the molecule is Nc1ncc(CN2CCC(NS(=O)(=O)c3cccs3)CC2)s1. The normalized spacial score (nSPS) is 17.8. The van der Waals surface area contributed by atoms with Crippen LogP contribution in [-0.4, -0.2) is 37.4 Å². The van der Waals surface area contributed by atoms with Crippen molar-refractivity contribution in [2.75, 3.05) is 18.8 Å². The van der Waals surface area contributed by atoms with Gasteiger partial charge in [-0.15, -0.1) is 22.7 Å². The zero-order valence-corrected chi connectivity index (χ0v) is 14.4. The van der Waals surface area contributed by atoms with Crippen LogP contribution >= 0.6 is 22.7 Å². The molecule has 2 aromatic rings. The Morgan fingerprint density at radius 2 is 2.18 bits per heavy atom. The van der Waals surface area contributed by atoms with E-state index < -0.39 is 10.0 Å². The number of nitrogens with one attached hydrogen (secondary N) is 1. The van der Waals surface area contributed by atoms with Crippen LogP contribution in [0.3, 0.4) is 0 Å². The van der Waals surface area contributed by atoms with Crippen molar-refractivity contribution in [3.05, 3.63) is 28.6 Å². The number of nitrogens with two attached hydrogens (primary N) is 1. The molecule has 0 spiro atoms. The molecule has 1 aliphatic heterocycles. The first kappa shape index (κ1) is 15.9. The third-order valence-electron chi connectivity index (χ3n) is 3.62. The summed E-state index contributed by atoms with van der Waals surface area (Å²) in [7, 11) is -3.36. The number of thiophene rings is 1. The molecule has 2 aromatic heterocycles. The van der Waals surface area contributed by atoms with Gasteiger partial charge in [0.1, 0.15) is 4.21 Å². The smallest absolute Gasteiger partial charge is 0.250 e. The highest BCUT2D eigenvalue weighted by atomic mass is 32.2. The highest BCUT2D eigenvalue weighted by molar-refractivity contribution is 7.91. The third-order valence-corrected chi connectivity index (χ3v) is 7.35. The van der Waals surface area contributed by atoms with Gasteiger partial charge >= 0.3 is 0 Å². The van der Waals surface area contributed by atoms with E-state index in [1.54, 1.807) is 17.5 Å². The fraction of sp³-hybridized carbons (Fsp3) is 0.462. The second-order valence-electron chi connectivity index (χ2n) is 5.27. The number of aromatic nitrogens is 1. The van der Waals surface area contributed by atoms with Crippen LogP contribution in [0.15, 0.2) is 27.9 Å². The number of rotatable bonds is 5. The summed E-state index contributed by atoms with van der Waals surface area (Å²) in [5.74, 6) is 0. The third kappa shape index (κ3) is 3.85. The predicted octanol–water partition coefficient (Wildman–Crippen LogP) is 1.73. The van der Waals surface area contributed by atoms with Gasteiger partial charge in [0.15, 0.2) is 5.13 Å². The molecule has 6 nitrogen and oxygen atoms in total. The summed E-state index contributed by atoms with van der Waals surface area (Å²) in [4.78, 5) is 7.51. The molecule has 3 rings (SSSR count). The largest absolute Gasteiger partial charge is 0.375 e. The van der Waals surface area contributed by atoms with E-state index in [0.29, 0.717) is 9.34 Å². The van der Waals surface area contributed by atoms with Crippen LogP contribution in [0.4, 0.5) is 5.13 Å². The van der Waals surface area contributed by atoms with Gasteiger partial charge in [-0.3, -0.25) is 4.90 Å². The van der Waals surface area contributed by atoms with Crippen molar-refractivity contribution in [2.45, 2.75) is 29.6 Å². The van der Waals surface area contributed by atoms with Crippen LogP contribution in [0, 0.1) is 0 Å². The van der Waals surface area contributed by atoms with E-state index in [4.69, 9.17) is 5.73 Å². The fourth-order valence-corrected chi connectivity index (χ4v) is 5.56. The van der Waals surface area contributed by atoms with Crippen LogP contribution in [0.5, 0.6) is 0 Å². The molecule has 1 aliphatic rings. The van der Waals surface area contributed by atoms with Crippen molar-refractivity contribution in [1.29, 1.82) is 0 Å². The monoisotopic (exact) mass is 358 g/mol. The fourth-order valence-electron chi connectivity index (χ4n) is 2.52. The lowest BCUT2D eigenvalue weighted by Gasteiger charge is -2.31. The van der Waals surface area contributed by atoms with E-state index in [-0.39, 0.29) is 6.04 Å². The quantitative estimate of drug-likeness (QED) is 0.850. The Morgan fingerprint density at radius 1 is 1.41 bits per heavy atom. The Kier molecular flexibility index (Phi) is 4.79. The van der Waals surface area contributed by atoms with Crippen molar-refractivity contribution in [3.63, 3.8) is 0 Å². The molecular weight excluding hydrogens is 340 g/mol. The lowest BCUT2D eigenvalue weighted by atomic mass is 10.1. The van der Waals surface area contributed by atoms with E-state index >= 15 is 0 Å². The van der Waals surface area contributed by atoms with E-state index in [0.717, 1.165) is 37.4 Å². The first-order chi connectivity index (χ1) is 10.5. The van der Waals surface area contributed by atoms with Gasteiger partial charge in [-0.25, -0.2) is 18.1 Å². The zero-order valence-electron chi connectivity index (χ0n) is 11.9. The van der Waals surface area contributed by atoms with Gasteiger partial charge in [0, 0.05) is 36.8 Å². The van der Waals surface area contributed by atoms with E-state index in [9.17, 15) is 8.42 Å². The van der Waals surface area contributed by atoms with Crippen LogP contribution < -0.4 is 10.5 Å². The summed E-state index contributed by atoms with van der Waals surface area (Å²) in [5, 5.41) is 2.37. The molecule has 0 atom stereocenters. The van der Waals surface area contributed by atoms with Crippen LogP contribution in [0.1, 0.15) is 17.7 Å². The van der Waals surface area contributed by atoms with Crippen LogP contribution in [0.25, 0.3) is 0 Å². The number of nitrogens with zero attached hydrogens (tertiary/aromatic N) is 2. The molecule has 0 aliphatic carbocycles. The van der Waals surface area contributed by atoms with Gasteiger partial charge < -0.3 is 5.73 Å². The molecule has 22 heavy (non-hydrogen) atoms. The highest BCUT2D eigenvalue weighted by Gasteiger charge is 2.25. The number of sulfonamides is 1. The minimum absolute atomic E-state index is 0.00915. The summed E-state index contributed by atoms with van der Waals surface area (Å²) < 4.78 is 27.6. The molecule has 0 aromatic carbocycles. The van der Waals surface area contributed by atoms with Crippen LogP contribution in [-0.2, 0) is 16.6 Å². The zero-order chi connectivity index (χ0) is 15.6. The van der Waals surface area contributed by atoms with Gasteiger partial charge in [-0.1, -0.05) is 6.07 Å². The average Bonchev–Trinajstić information content (AvgIpc) is 3.13. The number of likely N-dealkylation sites (tertiary alicyclic amines) is 1. The molecule has 3 heterocycles. The molecule has 0 radical (unpaired) electrons. The van der Waals surface area contributed by atoms with Crippen molar-refractivity contribution < 1.29 is 8.42 Å². The van der Waals surface area contributed by atoms with Crippen molar-refractivity contribution in [3.8, 4) is 0 Å². The Labute approximate surface area is 138 Å². The van der Waals surface area contributed by atoms with Crippen molar-refractivity contribution in [1.82, 2.24) is 14.6 Å². The van der Waals surface area contributed by atoms with Crippen LogP contribution in [0.2, 0.25) is 0 Å². The maximum atomic E-state index is 12.2. The van der Waals surface area contributed by atoms with E-state index in [1.807, 2.05) is 6.20 Å². The predicted molar refractivity (Wildman–Crippen MR) is 89.5 cm³/mol. The van der Waals surface area contributed by atoms with Gasteiger partial charge in [-0.2, -0.15) is 0 Å². The van der Waals surface area contributed by atoms with Gasteiger partial charge in [0.05, 0.1) is 0 Å². The number of piperidine rings is 1. The summed E-state index contributed by atoms with van der Waals surface area (Å²) in [5.41, 5.74) is 5.63. The Hall–Kier alpha value is -1.00. The lowest BCUT2D eigenvalue weighted by Crippen LogP contribution is -2.44. The Bertz CT molecular complexity index is 703. The number of thiazole rings is 1. The molecule has 1 fully saturated rings. The first-order valence-electron chi connectivity index (χ1n) is 7.01. The maximum Gasteiger partial charge on any atom is 0.250 e. The topological polar surface area (TPSA) is 88.3 Å². The van der Waals surface area contributed by atoms with Crippen molar-refractivity contribution in [2.24, 2.45) is 0 Å². The average molecular weight is 359 g/mol. The lowest BCUT2D eigenvalue weighted by molar-refractivity contribution is 0.201. The second-order valence-corrected chi connectivity index (χ2v) is 9.30. The summed E-state index contributed by atoms with van der Waals surface area (Å²) in [6, 6.07) is 3.40. The molecule has 3 N–H and O–H groups in total. The number of hydrogen-bond acceptors (Lipinski definition) is 7. The summed E-state index contributed by atoms with van der Waals surface area (Å²) >= 11 is 2.75. The molecule has 0 amide bonds. The van der Waals surface area contributed by atoms with E-state index in [2.05, 4.69) is 14.6 Å². The van der Waals surface area contributed by atoms with Gasteiger partial charge in [-0.05, 0) is 24.3 Å².